The second kappa shape index (κ2) is 11.2. The van der Waals surface area contributed by atoms with Crippen molar-refractivity contribution in [3.63, 3.8) is 0 Å². The number of nitrogens with zero attached hydrogens (tertiary/aromatic N) is 3. The molecule has 0 aliphatic carbocycles. The third-order valence-corrected chi connectivity index (χ3v) is 6.43. The van der Waals surface area contributed by atoms with E-state index in [1.165, 1.54) is 30.3 Å². The molecule has 190 valence electrons. The van der Waals surface area contributed by atoms with Crippen LogP contribution in [0.2, 0.25) is 0 Å². The summed E-state index contributed by atoms with van der Waals surface area (Å²) in [5.41, 5.74) is 0.0151. The number of nitro benzene ring substituents is 1. The van der Waals surface area contributed by atoms with Crippen molar-refractivity contribution < 1.29 is 33.1 Å². The number of aromatic carboxylic acids is 1. The Kier molecular flexibility index (Phi) is 8.33. The molecule has 0 spiro atoms. The highest BCUT2D eigenvalue weighted by Gasteiger charge is 2.32. The third-order valence-electron chi connectivity index (χ3n) is 5.13. The van der Waals surface area contributed by atoms with Crippen molar-refractivity contribution in [2.45, 2.75) is 20.0 Å². The van der Waals surface area contributed by atoms with Gasteiger partial charge in [-0.3, -0.25) is 15.0 Å². The van der Waals surface area contributed by atoms with E-state index < -0.39 is 40.7 Å². The van der Waals surface area contributed by atoms with Crippen LogP contribution in [0.5, 0.6) is 0 Å². The minimum atomic E-state index is -1.35. The number of carbonyl (C=O) groups excluding carboxylic acids is 1. The van der Waals surface area contributed by atoms with Crippen LogP contribution in [-0.4, -0.2) is 47.7 Å². The fourth-order valence-electron chi connectivity index (χ4n) is 3.56. The molecule has 12 heteroatoms. The van der Waals surface area contributed by atoms with Gasteiger partial charge in [0.25, 0.3) is 5.69 Å². The van der Waals surface area contributed by atoms with E-state index in [0.717, 1.165) is 28.4 Å². The molecular formula is C24H23F2N3O6S. The highest BCUT2D eigenvalue weighted by atomic mass is 32.1. The normalized spacial score (nSPS) is 10.9. The molecule has 1 heterocycles. The number of carboxylic acids is 1. The molecule has 1 amide bonds. The Morgan fingerprint density at radius 2 is 1.67 bits per heavy atom. The van der Waals surface area contributed by atoms with Crippen LogP contribution in [0.4, 0.5) is 24.3 Å². The predicted molar refractivity (Wildman–Crippen MR) is 130 cm³/mol. The molecule has 1 aromatic heterocycles. The van der Waals surface area contributed by atoms with E-state index in [-0.39, 0.29) is 29.4 Å². The molecule has 3 aromatic rings. The number of non-ortho nitro benzene ring substituents is 1. The highest BCUT2D eigenvalue weighted by Crippen LogP contribution is 2.44. The maximum absolute atomic E-state index is 14.5. The van der Waals surface area contributed by atoms with Crippen LogP contribution in [0, 0.1) is 21.7 Å². The lowest BCUT2D eigenvalue weighted by atomic mass is 10.0. The predicted octanol–water partition coefficient (Wildman–Crippen LogP) is 5.52. The number of halogens is 2. The molecule has 0 saturated heterocycles. The molecule has 0 aliphatic rings. The van der Waals surface area contributed by atoms with Gasteiger partial charge in [0.2, 0.25) is 0 Å². The van der Waals surface area contributed by atoms with Crippen molar-refractivity contribution in [2.75, 3.05) is 25.6 Å². The minimum Gasteiger partial charge on any atom is -0.478 e. The van der Waals surface area contributed by atoms with Gasteiger partial charge in [-0.05, 0) is 50.8 Å². The molecule has 3 rings (SSSR count). The molecule has 0 bridgehead atoms. The smallest absolute Gasteiger partial charge is 0.415 e. The molecule has 0 saturated carbocycles. The van der Waals surface area contributed by atoms with Gasteiger partial charge in [0.05, 0.1) is 23.6 Å². The van der Waals surface area contributed by atoms with Crippen LogP contribution in [-0.2, 0) is 17.8 Å². The molecule has 2 aromatic carbocycles. The van der Waals surface area contributed by atoms with Gasteiger partial charge in [0.15, 0.2) is 0 Å². The lowest BCUT2D eigenvalue weighted by molar-refractivity contribution is -0.384. The van der Waals surface area contributed by atoms with Crippen molar-refractivity contribution >= 4 is 34.1 Å². The summed E-state index contributed by atoms with van der Waals surface area (Å²) in [7, 11) is 3.45. The Morgan fingerprint density at radius 3 is 2.17 bits per heavy atom. The Hall–Kier alpha value is -3.90. The number of amides is 1. The Bertz CT molecular complexity index is 1270. The van der Waals surface area contributed by atoms with Crippen molar-refractivity contribution in [3.8, 4) is 10.4 Å². The lowest BCUT2D eigenvalue weighted by Gasteiger charge is -2.22. The number of anilines is 1. The Morgan fingerprint density at radius 1 is 1.06 bits per heavy atom. The highest BCUT2D eigenvalue weighted by molar-refractivity contribution is 7.20. The molecule has 0 fully saturated rings. The van der Waals surface area contributed by atoms with E-state index in [1.54, 1.807) is 25.9 Å². The zero-order valence-corrected chi connectivity index (χ0v) is 20.5. The number of hydrogen-bond donors (Lipinski definition) is 1. The number of carboxylic acid groups (broad SMARTS) is 1. The quantitative estimate of drug-likeness (QED) is 0.292. The summed E-state index contributed by atoms with van der Waals surface area (Å²) in [4.78, 5) is 39.0. The van der Waals surface area contributed by atoms with Gasteiger partial charge in [0, 0.05) is 34.7 Å². The zero-order chi connectivity index (χ0) is 26.6. The van der Waals surface area contributed by atoms with E-state index in [2.05, 4.69) is 0 Å². The first-order chi connectivity index (χ1) is 17.0. The first-order valence-corrected chi connectivity index (χ1v) is 11.5. The monoisotopic (exact) mass is 519 g/mol. The number of ether oxygens (including phenoxy) is 1. The van der Waals surface area contributed by atoms with Gasteiger partial charge in [-0.2, -0.15) is 0 Å². The molecule has 1 N–H and O–H groups in total. The van der Waals surface area contributed by atoms with Crippen LogP contribution in [0.15, 0.2) is 42.5 Å². The molecule has 0 unspecified atom stereocenters. The summed E-state index contributed by atoms with van der Waals surface area (Å²) in [6.45, 7) is 1.03. The van der Waals surface area contributed by atoms with Crippen molar-refractivity contribution in [3.05, 3.63) is 80.9 Å². The maximum Gasteiger partial charge on any atom is 0.415 e. The summed E-state index contributed by atoms with van der Waals surface area (Å²) >= 11 is 0.920. The first-order valence-electron chi connectivity index (χ1n) is 10.7. The van der Waals surface area contributed by atoms with Crippen molar-refractivity contribution in [2.24, 2.45) is 0 Å². The number of nitro groups is 1. The lowest BCUT2D eigenvalue weighted by Crippen LogP contribution is -2.32. The summed E-state index contributed by atoms with van der Waals surface area (Å²) in [5, 5.41) is 21.1. The van der Waals surface area contributed by atoms with E-state index in [9.17, 15) is 33.6 Å². The van der Waals surface area contributed by atoms with Gasteiger partial charge >= 0.3 is 12.1 Å². The Labute approximate surface area is 209 Å². The molecular weight excluding hydrogens is 496 g/mol. The third kappa shape index (κ3) is 5.66. The topological polar surface area (TPSA) is 113 Å². The van der Waals surface area contributed by atoms with E-state index in [4.69, 9.17) is 4.74 Å². The second-order valence-electron chi connectivity index (χ2n) is 7.92. The molecule has 9 nitrogen and oxygen atoms in total. The van der Waals surface area contributed by atoms with E-state index in [0.29, 0.717) is 16.0 Å². The van der Waals surface area contributed by atoms with Gasteiger partial charge in [-0.1, -0.05) is 6.07 Å². The maximum atomic E-state index is 14.5. The number of carbonyl (C=O) groups is 2. The number of benzene rings is 2. The van der Waals surface area contributed by atoms with Crippen LogP contribution >= 0.6 is 11.3 Å². The summed E-state index contributed by atoms with van der Waals surface area (Å²) in [6, 6.07) is 8.77. The molecule has 36 heavy (non-hydrogen) atoms. The van der Waals surface area contributed by atoms with Gasteiger partial charge in [-0.25, -0.2) is 18.4 Å². The zero-order valence-electron chi connectivity index (χ0n) is 19.7. The Balaban J connectivity index is 2.26. The number of hydrogen-bond acceptors (Lipinski definition) is 7. The minimum absolute atomic E-state index is 0.0529. The fourth-order valence-corrected chi connectivity index (χ4v) is 4.86. The SMILES string of the molecule is CCOC(=O)N(Cc1c(F)cccc1F)c1sc(-c2ccc([N+](=O)[O-])cc2)c(CN(C)C)c1C(=O)O. The van der Waals surface area contributed by atoms with Crippen LogP contribution in [0.3, 0.4) is 0 Å². The summed E-state index contributed by atoms with van der Waals surface area (Å²) in [6.07, 6.45) is -0.976. The van der Waals surface area contributed by atoms with Gasteiger partial charge < -0.3 is 14.7 Å². The van der Waals surface area contributed by atoms with Crippen molar-refractivity contribution in [1.82, 2.24) is 4.90 Å². The first kappa shape index (κ1) is 26.7. The van der Waals surface area contributed by atoms with Gasteiger partial charge in [0.1, 0.15) is 16.6 Å². The standard InChI is InChI=1S/C24H23F2N3O6S/c1-4-35-24(32)28(13-16-18(25)6-5-7-19(16)26)22-20(23(30)31)17(12-27(2)3)21(36-22)14-8-10-15(11-9-14)29(33)34/h5-11H,4,12-13H2,1-3H3,(H,30,31). The van der Waals surface area contributed by atoms with Crippen LogP contribution < -0.4 is 4.90 Å². The van der Waals surface area contributed by atoms with Crippen molar-refractivity contribution in [1.29, 1.82) is 0 Å². The average molecular weight is 520 g/mol. The average Bonchev–Trinajstić information content (AvgIpc) is 3.17. The van der Waals surface area contributed by atoms with E-state index in [1.807, 2.05) is 0 Å². The second-order valence-corrected chi connectivity index (χ2v) is 8.92. The molecule has 0 aliphatic heterocycles. The van der Waals surface area contributed by atoms with Gasteiger partial charge in [-0.15, -0.1) is 11.3 Å². The van der Waals surface area contributed by atoms with Crippen LogP contribution in [0.25, 0.3) is 10.4 Å². The molecule has 0 atom stereocenters. The van der Waals surface area contributed by atoms with E-state index >= 15 is 0 Å². The number of rotatable bonds is 9. The number of thiophene rings is 1. The largest absolute Gasteiger partial charge is 0.478 e. The summed E-state index contributed by atoms with van der Waals surface area (Å²) < 4.78 is 34.0. The fraction of sp³-hybridized carbons (Fsp3) is 0.250. The summed E-state index contributed by atoms with van der Waals surface area (Å²) in [5.74, 6) is -3.15. The molecule has 0 radical (unpaired) electrons. The van der Waals surface area contributed by atoms with Crippen LogP contribution in [0.1, 0.15) is 28.4 Å².